The molecule has 31 heavy (non-hydrogen) atoms. The molecule has 0 unspecified atom stereocenters. The Morgan fingerprint density at radius 3 is 2.81 bits per heavy atom. The molecule has 0 saturated carbocycles. The van der Waals surface area contributed by atoms with Crippen molar-refractivity contribution >= 4 is 39.2 Å². The van der Waals surface area contributed by atoms with Crippen molar-refractivity contribution in [1.82, 2.24) is 15.3 Å². The second-order valence-corrected chi connectivity index (χ2v) is 9.18. The lowest BCUT2D eigenvalue weighted by atomic mass is 10.2. The Labute approximate surface area is 189 Å². The topological polar surface area (TPSA) is 93.3 Å². The van der Waals surface area contributed by atoms with Crippen LogP contribution in [0, 0.1) is 20.8 Å². The number of H-pyrrole nitrogens is 1. The number of methoxy groups -OCH3 is 1. The number of carbonyl (C=O) groups excluding carboxylic acids is 1. The minimum absolute atomic E-state index is 0.211. The van der Waals surface area contributed by atoms with E-state index in [2.05, 4.69) is 47.3 Å². The lowest BCUT2D eigenvalue weighted by Gasteiger charge is -2.06. The number of aromatic amines is 1. The van der Waals surface area contributed by atoms with Gasteiger partial charge < -0.3 is 19.8 Å². The number of aromatic nitrogens is 2. The van der Waals surface area contributed by atoms with Crippen LogP contribution in [0.4, 0.5) is 0 Å². The van der Waals surface area contributed by atoms with Crippen molar-refractivity contribution in [3.8, 4) is 0 Å². The largest absolute Gasteiger partial charge is 0.382 e. The van der Waals surface area contributed by atoms with Gasteiger partial charge in [-0.1, -0.05) is 17.7 Å². The number of thiophene rings is 1. The normalized spacial score (nSPS) is 11.2. The summed E-state index contributed by atoms with van der Waals surface area (Å²) in [6.45, 7) is 7.69. The fourth-order valence-corrected chi connectivity index (χ4v) is 5.15. The molecule has 0 radical (unpaired) electrons. The molecular weight excluding hydrogens is 434 g/mol. The highest BCUT2D eigenvalue weighted by atomic mass is 32.2. The van der Waals surface area contributed by atoms with E-state index in [-0.39, 0.29) is 11.5 Å². The Morgan fingerprint density at radius 1 is 1.23 bits per heavy atom. The van der Waals surface area contributed by atoms with Crippen molar-refractivity contribution in [3.63, 3.8) is 0 Å². The van der Waals surface area contributed by atoms with Gasteiger partial charge in [-0.05, 0) is 38.0 Å². The van der Waals surface area contributed by atoms with E-state index in [1.165, 1.54) is 22.5 Å². The van der Waals surface area contributed by atoms with Crippen LogP contribution in [0.2, 0.25) is 0 Å². The van der Waals surface area contributed by atoms with Crippen molar-refractivity contribution in [3.05, 3.63) is 55.9 Å². The Kier molecular flexibility index (Phi) is 8.25. The first kappa shape index (κ1) is 23.5. The van der Waals surface area contributed by atoms with E-state index in [1.54, 1.807) is 25.8 Å². The average Bonchev–Trinajstić information content (AvgIpc) is 3.08. The zero-order valence-corrected chi connectivity index (χ0v) is 19.8. The summed E-state index contributed by atoms with van der Waals surface area (Å²) in [5, 5.41) is 3.31. The molecule has 2 heterocycles. The van der Waals surface area contributed by atoms with E-state index < -0.39 is 0 Å². The first-order chi connectivity index (χ1) is 14.9. The molecule has 0 aliphatic rings. The van der Waals surface area contributed by atoms with Gasteiger partial charge in [-0.15, -0.1) is 23.1 Å². The van der Waals surface area contributed by atoms with E-state index in [0.29, 0.717) is 58.6 Å². The Hall–Kier alpha value is -2.20. The number of fused-ring (bicyclic) bond motifs is 1. The summed E-state index contributed by atoms with van der Waals surface area (Å²) in [4.78, 5) is 35.0. The van der Waals surface area contributed by atoms with Crippen LogP contribution in [0.1, 0.15) is 32.2 Å². The third-order valence-corrected chi connectivity index (χ3v) is 7.08. The predicted octanol–water partition coefficient (Wildman–Crippen LogP) is 3.59. The number of ether oxygens (including phenoxy) is 2. The van der Waals surface area contributed by atoms with E-state index in [4.69, 9.17) is 9.47 Å². The quantitative estimate of drug-likeness (QED) is 0.354. The van der Waals surface area contributed by atoms with Gasteiger partial charge in [-0.2, -0.15) is 0 Å². The maximum Gasteiger partial charge on any atom is 0.261 e. The number of rotatable bonds is 10. The summed E-state index contributed by atoms with van der Waals surface area (Å²) < 4.78 is 10.3. The van der Waals surface area contributed by atoms with E-state index >= 15 is 0 Å². The van der Waals surface area contributed by atoms with Crippen LogP contribution >= 0.6 is 23.1 Å². The summed E-state index contributed by atoms with van der Waals surface area (Å²) in [7, 11) is 1.61. The lowest BCUT2D eigenvalue weighted by Crippen LogP contribution is -2.27. The van der Waals surface area contributed by atoms with Crippen molar-refractivity contribution < 1.29 is 14.3 Å². The minimum Gasteiger partial charge on any atom is -0.382 e. The summed E-state index contributed by atoms with van der Waals surface area (Å²) in [6, 6.07) is 6.30. The molecule has 3 rings (SSSR count). The van der Waals surface area contributed by atoms with Crippen LogP contribution in [-0.2, 0) is 15.2 Å². The molecule has 2 N–H and O–H groups in total. The van der Waals surface area contributed by atoms with Crippen molar-refractivity contribution in [2.45, 2.75) is 31.4 Å². The highest BCUT2D eigenvalue weighted by molar-refractivity contribution is 7.98. The van der Waals surface area contributed by atoms with Gasteiger partial charge in [0.25, 0.3) is 11.5 Å². The summed E-state index contributed by atoms with van der Waals surface area (Å²) in [5.41, 5.74) is 2.83. The number of thioether (sulfide) groups is 1. The summed E-state index contributed by atoms with van der Waals surface area (Å²) in [6.07, 6.45) is 0. The van der Waals surface area contributed by atoms with Crippen LogP contribution < -0.4 is 10.9 Å². The molecule has 1 amide bonds. The Balaban J connectivity index is 1.71. The Bertz CT molecular complexity index is 1120. The van der Waals surface area contributed by atoms with E-state index in [1.807, 2.05) is 0 Å². The van der Waals surface area contributed by atoms with Gasteiger partial charge >= 0.3 is 0 Å². The van der Waals surface area contributed by atoms with E-state index in [0.717, 1.165) is 4.90 Å². The lowest BCUT2D eigenvalue weighted by molar-refractivity contribution is 0.0693. The molecule has 0 atom stereocenters. The number of nitrogens with one attached hydrogen (secondary N) is 2. The molecule has 166 valence electrons. The zero-order chi connectivity index (χ0) is 22.4. The maximum atomic E-state index is 12.7. The molecule has 0 aliphatic heterocycles. The fraction of sp³-hybridized carbons (Fsp3) is 0.409. The van der Waals surface area contributed by atoms with Gasteiger partial charge in [0.2, 0.25) is 0 Å². The fourth-order valence-electron chi connectivity index (χ4n) is 3.04. The van der Waals surface area contributed by atoms with Gasteiger partial charge in [0.05, 0.1) is 35.8 Å². The van der Waals surface area contributed by atoms with Gasteiger partial charge in [0, 0.05) is 18.6 Å². The van der Waals surface area contributed by atoms with Gasteiger partial charge in [-0.25, -0.2) is 4.98 Å². The number of aryl methyl sites for hydroxylation is 3. The predicted molar refractivity (Wildman–Crippen MR) is 125 cm³/mol. The van der Waals surface area contributed by atoms with Crippen LogP contribution in [0.5, 0.6) is 0 Å². The van der Waals surface area contributed by atoms with Crippen LogP contribution in [-0.4, -0.2) is 49.4 Å². The molecule has 9 heteroatoms. The highest BCUT2D eigenvalue weighted by Gasteiger charge is 2.19. The summed E-state index contributed by atoms with van der Waals surface area (Å²) >= 11 is 2.88. The molecule has 0 fully saturated rings. The monoisotopic (exact) mass is 461 g/mol. The minimum atomic E-state index is -0.221. The van der Waals surface area contributed by atoms with Crippen LogP contribution in [0.3, 0.4) is 0 Å². The third kappa shape index (κ3) is 5.94. The summed E-state index contributed by atoms with van der Waals surface area (Å²) in [5.74, 6) is 0.928. The smallest absolute Gasteiger partial charge is 0.261 e. The van der Waals surface area contributed by atoms with E-state index in [9.17, 15) is 9.59 Å². The van der Waals surface area contributed by atoms with Gasteiger partial charge in [0.1, 0.15) is 10.7 Å². The van der Waals surface area contributed by atoms with Gasteiger partial charge in [0.15, 0.2) is 0 Å². The second-order valence-electron chi connectivity index (χ2n) is 7.17. The first-order valence-electron chi connectivity index (χ1n) is 9.98. The molecule has 0 aliphatic carbocycles. The average molecular weight is 462 g/mol. The van der Waals surface area contributed by atoms with Crippen LogP contribution in [0.25, 0.3) is 10.2 Å². The molecule has 1 aromatic carbocycles. The SMILES string of the molecule is COCCOCCNC(=O)c1sc2nc(CSc3cc(C)ccc3C)[nH]c(=O)c2c1C. The van der Waals surface area contributed by atoms with Crippen molar-refractivity contribution in [1.29, 1.82) is 0 Å². The third-order valence-electron chi connectivity index (χ3n) is 4.73. The number of benzene rings is 1. The standard InChI is InChI=1S/C22H27N3O4S2/c1-13-5-6-14(2)16(11-13)30-12-17-24-20(26)18-15(3)19(31-22(18)25-17)21(27)23-7-8-29-10-9-28-4/h5-6,11H,7-10,12H2,1-4H3,(H,23,27)(H,24,25,26). The van der Waals surface area contributed by atoms with Crippen molar-refractivity contribution in [2.75, 3.05) is 33.5 Å². The molecule has 0 saturated heterocycles. The van der Waals surface area contributed by atoms with Gasteiger partial charge in [-0.3, -0.25) is 9.59 Å². The van der Waals surface area contributed by atoms with Crippen molar-refractivity contribution in [2.24, 2.45) is 0 Å². The second kappa shape index (κ2) is 10.9. The molecular formula is C22H27N3O4S2. The molecule has 0 spiro atoms. The Morgan fingerprint density at radius 2 is 2.03 bits per heavy atom. The number of hydrogen-bond acceptors (Lipinski definition) is 7. The number of carbonyl (C=O) groups is 1. The molecule has 3 aromatic rings. The number of hydrogen-bond donors (Lipinski definition) is 2. The maximum absolute atomic E-state index is 12.7. The zero-order valence-electron chi connectivity index (χ0n) is 18.2. The first-order valence-corrected chi connectivity index (χ1v) is 11.8. The number of amides is 1. The highest BCUT2D eigenvalue weighted by Crippen LogP contribution is 2.29. The van der Waals surface area contributed by atoms with Crippen LogP contribution in [0.15, 0.2) is 27.9 Å². The number of nitrogens with zero attached hydrogens (tertiary/aromatic N) is 1. The molecule has 0 bridgehead atoms. The molecule has 2 aromatic heterocycles. The molecule has 7 nitrogen and oxygen atoms in total.